The van der Waals surface area contributed by atoms with Gasteiger partial charge in [0.25, 0.3) is 11.8 Å². The van der Waals surface area contributed by atoms with Gasteiger partial charge < -0.3 is 20.9 Å². The van der Waals surface area contributed by atoms with Gasteiger partial charge in [0.2, 0.25) is 5.91 Å². The van der Waals surface area contributed by atoms with Crippen LogP contribution in [0.4, 0.5) is 49.7 Å². The second kappa shape index (κ2) is 23.3. The molecule has 0 spiro atoms. The molecule has 4 N–H and O–H groups in total. The number of carbonyl (C=O) groups is 2. The molecule has 3 heterocycles. The number of fused-ring (bicyclic) bond motifs is 1. The van der Waals surface area contributed by atoms with Gasteiger partial charge in [0.05, 0.1) is 52.2 Å². The van der Waals surface area contributed by atoms with Crippen molar-refractivity contribution >= 4 is 68.6 Å². The fourth-order valence-corrected chi connectivity index (χ4v) is 9.04. The Morgan fingerprint density at radius 2 is 1.69 bits per heavy atom. The van der Waals surface area contributed by atoms with Crippen molar-refractivity contribution in [3.8, 4) is 23.0 Å². The Morgan fingerprint density at radius 3 is 2.28 bits per heavy atom. The van der Waals surface area contributed by atoms with Gasteiger partial charge in [0, 0.05) is 55.6 Å². The average molecular weight is 1080 g/mol. The molecule has 72 heavy (non-hydrogen) atoms. The fraction of sp³-hybridized carbons (Fsp3) is 0.457. The molecule has 2 aromatic heterocycles. The lowest BCUT2D eigenvalue weighted by atomic mass is 9.93. The van der Waals surface area contributed by atoms with Crippen LogP contribution in [0.2, 0.25) is 5.02 Å². The van der Waals surface area contributed by atoms with Crippen LogP contribution < -0.4 is 15.4 Å². The summed E-state index contributed by atoms with van der Waals surface area (Å²) in [6.45, 7) is 2.54. The third kappa shape index (κ3) is 14.1. The van der Waals surface area contributed by atoms with Crippen LogP contribution in [-0.4, -0.2) is 129 Å². The molecule has 0 radical (unpaired) electrons. The van der Waals surface area contributed by atoms with Gasteiger partial charge in [-0.1, -0.05) is 30.5 Å². The maximum Gasteiger partial charge on any atom is 0.431 e. The van der Waals surface area contributed by atoms with Gasteiger partial charge in [-0.15, -0.1) is 11.8 Å². The number of anilines is 1. The smallest absolute Gasteiger partial charge is 0.400 e. The first kappa shape index (κ1) is 57.6. The summed E-state index contributed by atoms with van der Waals surface area (Å²) in [5.41, 5.74) is 0.185. The Morgan fingerprint density at radius 1 is 1.07 bits per heavy atom. The number of halogens is 11. The summed E-state index contributed by atoms with van der Waals surface area (Å²) in [7, 11) is -1.24. The van der Waals surface area contributed by atoms with Crippen LogP contribution >= 0.6 is 23.4 Å². The Kier molecular flexibility index (Phi) is 18.7. The van der Waals surface area contributed by atoms with Gasteiger partial charge in [0.1, 0.15) is 52.8 Å². The predicted molar refractivity (Wildman–Crippen MR) is 255 cm³/mol. The lowest BCUT2D eigenvalue weighted by Crippen LogP contribution is -2.45. The number of nitrogens with two attached hydrogens (primary N) is 1. The number of aliphatic hydroxyl groups is 1. The molecule has 1 saturated heterocycles. The summed E-state index contributed by atoms with van der Waals surface area (Å²) in [5.74, 6) is -4.05. The summed E-state index contributed by atoms with van der Waals surface area (Å²) >= 11 is 8.13. The molecule has 0 bridgehead atoms. The fourth-order valence-electron chi connectivity index (χ4n) is 7.94. The normalized spacial score (nSPS) is 18.5. The predicted octanol–water partition coefficient (Wildman–Crippen LogP) is 7.94. The Bertz CT molecular complexity index is 2800. The highest BCUT2D eigenvalue weighted by atomic mass is 35.5. The SMILES string of the molecule is CO.CSC(C)(C)C#Cc1ccc(-c2ccc(Cl)c3c(N(C(=O)CN4CCOCC4)S(C)=O)nn(CC(F)(F)F)c23)c(C(Cc2cc(F)cc(F)c2)NC(=O)CN=C2/C(=C(\N)C(F)(F)F)[C@@H](C)CC2(F)F)n1. The first-order valence-electron chi connectivity index (χ1n) is 21.6. The molecule has 3 atom stereocenters. The second-order valence-electron chi connectivity index (χ2n) is 16.9. The number of benzene rings is 2. The van der Waals surface area contributed by atoms with Crippen LogP contribution in [-0.2, 0) is 38.3 Å². The van der Waals surface area contributed by atoms with E-state index in [1.807, 2.05) is 0 Å². The van der Waals surface area contributed by atoms with Crippen LogP contribution in [0.3, 0.4) is 0 Å². The molecule has 6 rings (SSSR count). The van der Waals surface area contributed by atoms with E-state index in [-0.39, 0.29) is 63.8 Å². The summed E-state index contributed by atoms with van der Waals surface area (Å²) < 4.78 is 164. The summed E-state index contributed by atoms with van der Waals surface area (Å²) in [5, 5.41) is 13.2. The third-order valence-corrected chi connectivity index (χ3v) is 13.5. The summed E-state index contributed by atoms with van der Waals surface area (Å²) in [6, 6.07) is 6.08. The van der Waals surface area contributed by atoms with Crippen molar-refractivity contribution in [3.05, 3.63) is 87.3 Å². The van der Waals surface area contributed by atoms with Crippen molar-refractivity contribution in [3.63, 3.8) is 0 Å². The number of nitrogens with zero attached hydrogens (tertiary/aromatic N) is 6. The van der Waals surface area contributed by atoms with Crippen LogP contribution in [0.25, 0.3) is 22.0 Å². The van der Waals surface area contributed by atoms with Gasteiger partial charge in [-0.05, 0) is 74.3 Å². The number of nitrogens with one attached hydrogen (secondary N) is 1. The molecule has 1 aliphatic carbocycles. The van der Waals surface area contributed by atoms with Crippen molar-refractivity contribution < 1.29 is 67.5 Å². The Balaban J connectivity index is 0.00000475. The Hall–Kier alpha value is -5.26. The minimum absolute atomic E-state index is 0.0127. The quantitative estimate of drug-likeness (QED) is 0.0884. The third-order valence-electron chi connectivity index (χ3n) is 11.2. The van der Waals surface area contributed by atoms with Crippen LogP contribution in [0.5, 0.6) is 0 Å². The number of amides is 2. The van der Waals surface area contributed by atoms with Crippen molar-refractivity contribution in [2.45, 2.75) is 69.2 Å². The maximum absolute atomic E-state index is 15.3. The maximum atomic E-state index is 15.3. The molecule has 2 aliphatic rings. The Labute approximate surface area is 419 Å². The molecule has 392 valence electrons. The molecule has 4 aromatic rings. The number of aliphatic hydroxyl groups excluding tert-OH is 1. The zero-order valence-corrected chi connectivity index (χ0v) is 41.8. The van der Waals surface area contributed by atoms with Gasteiger partial charge in [-0.2, -0.15) is 40.2 Å². The number of thioether (sulfide) groups is 1. The number of aromatic nitrogens is 3. The summed E-state index contributed by atoms with van der Waals surface area (Å²) in [4.78, 5) is 37.9. The number of ether oxygens (including phenoxy) is 1. The van der Waals surface area contributed by atoms with E-state index in [0.717, 1.165) is 32.4 Å². The molecule has 2 amide bonds. The van der Waals surface area contributed by atoms with Gasteiger partial charge in [-0.3, -0.25) is 24.2 Å². The molecular formula is C46H49ClF10N8O5S2. The van der Waals surface area contributed by atoms with E-state index in [0.29, 0.717) is 28.1 Å². The van der Waals surface area contributed by atoms with Crippen molar-refractivity contribution in [1.82, 2.24) is 25.0 Å². The lowest BCUT2D eigenvalue weighted by molar-refractivity contribution is -0.141. The minimum atomic E-state index is -5.23. The number of aliphatic imine (C=N–C) groups is 1. The number of hydrogen-bond donors (Lipinski definition) is 3. The highest BCUT2D eigenvalue weighted by Gasteiger charge is 2.52. The van der Waals surface area contributed by atoms with E-state index in [4.69, 9.17) is 32.2 Å². The first-order valence-corrected chi connectivity index (χ1v) is 24.7. The van der Waals surface area contributed by atoms with Gasteiger partial charge in [0.15, 0.2) is 5.82 Å². The largest absolute Gasteiger partial charge is 0.431 e. The number of morpholine rings is 1. The number of rotatable bonds is 13. The van der Waals surface area contributed by atoms with Crippen molar-refractivity contribution in [1.29, 1.82) is 0 Å². The molecule has 1 aliphatic heterocycles. The van der Waals surface area contributed by atoms with E-state index >= 15 is 8.78 Å². The zero-order valence-electron chi connectivity index (χ0n) is 39.4. The molecule has 1 saturated carbocycles. The van der Waals surface area contributed by atoms with E-state index in [2.05, 4.69) is 27.2 Å². The standard InChI is InChI=1S/C45H45ClF10N8O4S2.CH4O/c1-24-20-43(49,50)40(35(24)39(57)45(54,55)56)58-21-33(65)60-32(18-25-16-26(47)19-27(48)17-25)37-29(7-6-28(59-37)10-11-42(2,3)69-4)30-8-9-31(46)36-38(30)63(23-44(51,52)53)61-41(36)64(70(5)67)34(66)22-62-12-14-68-15-13-62;1-2/h6-9,16-17,19,24,32H,12-15,18,20-23,57H2,1-5H3,(H,60,65);2H,1H3/b39-35-,58-40?;/t24-,32?,70?;/m0./s1. The van der Waals surface area contributed by atoms with E-state index in [9.17, 15) is 48.9 Å². The zero-order chi connectivity index (χ0) is 53.7. The number of hydrogen-bond acceptors (Lipinski definition) is 11. The number of allylic oxidation sites excluding steroid dienone is 2. The second-order valence-corrected chi connectivity index (χ2v) is 20.0. The number of pyridine rings is 1. The first-order chi connectivity index (χ1) is 33.6. The van der Waals surface area contributed by atoms with Gasteiger partial charge >= 0.3 is 12.4 Å². The van der Waals surface area contributed by atoms with Gasteiger partial charge in [-0.25, -0.2) is 22.3 Å². The van der Waals surface area contributed by atoms with Crippen molar-refractivity contribution in [2.24, 2.45) is 16.6 Å². The molecule has 13 nitrogen and oxygen atoms in total. The van der Waals surface area contributed by atoms with E-state index in [1.165, 1.54) is 36.0 Å². The van der Waals surface area contributed by atoms with Crippen LogP contribution in [0, 0.1) is 29.4 Å². The lowest BCUT2D eigenvalue weighted by Gasteiger charge is -2.28. The minimum Gasteiger partial charge on any atom is -0.400 e. The van der Waals surface area contributed by atoms with Crippen LogP contribution in [0.15, 0.2) is 58.7 Å². The average Bonchev–Trinajstić information content (AvgIpc) is 3.75. The van der Waals surface area contributed by atoms with E-state index < -0.39 is 118 Å². The molecule has 26 heteroatoms. The van der Waals surface area contributed by atoms with Crippen LogP contribution in [0.1, 0.15) is 50.2 Å². The summed E-state index contributed by atoms with van der Waals surface area (Å²) in [6.07, 6.45) is -8.94. The van der Waals surface area contributed by atoms with E-state index in [1.54, 1.807) is 25.0 Å². The highest BCUT2D eigenvalue weighted by Crippen LogP contribution is 2.45. The number of carbonyl (C=O) groups excluding carboxylic acids is 2. The molecular weight excluding hydrogens is 1030 g/mol. The molecule has 2 aromatic carbocycles. The molecule has 2 fully saturated rings. The molecule has 2 unspecified atom stereocenters. The highest BCUT2D eigenvalue weighted by molar-refractivity contribution is 8.00. The monoisotopic (exact) mass is 1080 g/mol. The number of alkyl halides is 8. The topological polar surface area (TPSA) is 168 Å². The van der Waals surface area contributed by atoms with Crippen molar-refractivity contribution in [2.75, 3.05) is 63.3 Å².